The van der Waals surface area contributed by atoms with Gasteiger partial charge in [0, 0.05) is 25.5 Å². The molecule has 0 atom stereocenters. The number of likely N-dealkylation sites (N-methyl/N-ethyl adjacent to an activating group) is 1. The Morgan fingerprint density at radius 3 is 2.78 bits per heavy atom. The highest BCUT2D eigenvalue weighted by molar-refractivity contribution is 7.91. The molecule has 7 heteroatoms. The van der Waals surface area contributed by atoms with E-state index < -0.39 is 10.0 Å². The maximum absolute atomic E-state index is 12.5. The largest absolute Gasteiger partial charge is 0.305 e. The summed E-state index contributed by atoms with van der Waals surface area (Å²) in [4.78, 5) is 2.16. The molecule has 1 aromatic heterocycles. The quantitative estimate of drug-likeness (QED) is 0.800. The van der Waals surface area contributed by atoms with Gasteiger partial charge in [-0.3, -0.25) is 0 Å². The van der Waals surface area contributed by atoms with Gasteiger partial charge in [-0.05, 0) is 37.0 Å². The van der Waals surface area contributed by atoms with Gasteiger partial charge in [-0.2, -0.15) is 4.31 Å². The van der Waals surface area contributed by atoms with Crippen molar-refractivity contribution in [2.45, 2.75) is 16.5 Å². The van der Waals surface area contributed by atoms with Gasteiger partial charge < -0.3 is 4.90 Å². The van der Waals surface area contributed by atoms with Crippen molar-refractivity contribution in [3.05, 3.63) is 17.0 Å². The van der Waals surface area contributed by atoms with E-state index in [-0.39, 0.29) is 0 Å². The van der Waals surface area contributed by atoms with E-state index in [4.69, 9.17) is 11.6 Å². The molecule has 1 saturated heterocycles. The first-order valence-corrected chi connectivity index (χ1v) is 8.71. The third kappa shape index (κ3) is 3.05. The fourth-order valence-corrected chi connectivity index (χ4v) is 5.03. The highest BCUT2D eigenvalue weighted by Crippen LogP contribution is 2.25. The van der Waals surface area contributed by atoms with Crippen LogP contribution in [-0.4, -0.2) is 50.8 Å². The van der Waals surface area contributed by atoms with Crippen LogP contribution in [0.4, 0.5) is 0 Å². The van der Waals surface area contributed by atoms with E-state index >= 15 is 0 Å². The van der Waals surface area contributed by atoms with Crippen LogP contribution in [-0.2, 0) is 15.9 Å². The first-order valence-electron chi connectivity index (χ1n) is 5.86. The number of nitrogens with zero attached hydrogens (tertiary/aromatic N) is 2. The highest BCUT2D eigenvalue weighted by atomic mass is 35.5. The van der Waals surface area contributed by atoms with Crippen LogP contribution < -0.4 is 0 Å². The lowest BCUT2D eigenvalue weighted by Crippen LogP contribution is -2.34. The third-order valence-corrected chi connectivity index (χ3v) is 6.73. The molecule has 0 aliphatic carbocycles. The first-order chi connectivity index (χ1) is 8.54. The molecule has 0 aromatic carbocycles. The molecule has 1 aliphatic rings. The van der Waals surface area contributed by atoms with Crippen molar-refractivity contribution in [3.63, 3.8) is 0 Å². The van der Waals surface area contributed by atoms with Gasteiger partial charge in [0.25, 0.3) is 10.0 Å². The molecule has 0 N–H and O–H groups in total. The number of thiophene rings is 1. The molecular weight excluding hydrogens is 292 g/mol. The second kappa shape index (κ2) is 5.88. The van der Waals surface area contributed by atoms with Crippen LogP contribution in [0.2, 0.25) is 0 Å². The minimum absolute atomic E-state index is 0.356. The van der Waals surface area contributed by atoms with Crippen LogP contribution in [0.5, 0.6) is 0 Å². The molecule has 2 rings (SSSR count). The van der Waals surface area contributed by atoms with Gasteiger partial charge in [0.1, 0.15) is 4.21 Å². The van der Waals surface area contributed by atoms with Crippen molar-refractivity contribution in [1.82, 2.24) is 9.21 Å². The number of alkyl halides is 1. The Kier molecular flexibility index (Phi) is 4.66. The maximum atomic E-state index is 12.5. The second-order valence-corrected chi connectivity index (χ2v) is 7.81. The Balaban J connectivity index is 2.19. The summed E-state index contributed by atoms with van der Waals surface area (Å²) in [5.74, 6) is 0.356. The predicted octanol–water partition coefficient (Wildman–Crippen LogP) is 1.81. The Bertz CT molecular complexity index is 501. The Labute approximate surface area is 117 Å². The van der Waals surface area contributed by atoms with Gasteiger partial charge in [-0.15, -0.1) is 22.9 Å². The molecule has 1 aromatic rings. The standard InChI is InChI=1S/C11H17ClN2O2S2/c1-13-3-2-4-14(6-5-13)18(15,16)11-7-10(8-12)9-17-11/h7,9H,2-6,8H2,1H3. The van der Waals surface area contributed by atoms with E-state index in [0.717, 1.165) is 25.1 Å². The summed E-state index contributed by atoms with van der Waals surface area (Å²) in [7, 11) is -1.31. The van der Waals surface area contributed by atoms with Crippen LogP contribution in [0.1, 0.15) is 12.0 Å². The fourth-order valence-electron chi connectivity index (χ4n) is 1.95. The summed E-state index contributed by atoms with van der Waals surface area (Å²) in [5, 5.41) is 1.81. The summed E-state index contributed by atoms with van der Waals surface area (Å²) in [6, 6.07) is 1.68. The fraction of sp³-hybridized carbons (Fsp3) is 0.636. The van der Waals surface area contributed by atoms with E-state index in [1.165, 1.54) is 11.3 Å². The number of halogens is 1. The maximum Gasteiger partial charge on any atom is 0.252 e. The molecule has 0 amide bonds. The lowest BCUT2D eigenvalue weighted by atomic mass is 10.4. The van der Waals surface area contributed by atoms with Crippen molar-refractivity contribution < 1.29 is 8.42 Å². The van der Waals surface area contributed by atoms with Crippen molar-refractivity contribution >= 4 is 33.0 Å². The van der Waals surface area contributed by atoms with Crippen LogP contribution in [0, 0.1) is 0 Å². The summed E-state index contributed by atoms with van der Waals surface area (Å²) in [6.07, 6.45) is 0.878. The molecule has 0 radical (unpaired) electrons. The minimum atomic E-state index is -3.33. The van der Waals surface area contributed by atoms with Crippen LogP contribution in [0.3, 0.4) is 0 Å². The van der Waals surface area contributed by atoms with Crippen molar-refractivity contribution in [1.29, 1.82) is 0 Å². The van der Waals surface area contributed by atoms with Gasteiger partial charge >= 0.3 is 0 Å². The average Bonchev–Trinajstić information content (AvgIpc) is 2.72. The molecule has 0 spiro atoms. The van der Waals surface area contributed by atoms with Gasteiger partial charge in [-0.25, -0.2) is 8.42 Å². The van der Waals surface area contributed by atoms with Crippen molar-refractivity contribution in [2.24, 2.45) is 0 Å². The summed E-state index contributed by atoms with van der Waals surface area (Å²) >= 11 is 6.97. The number of sulfonamides is 1. The summed E-state index contributed by atoms with van der Waals surface area (Å²) < 4.78 is 26.9. The summed E-state index contributed by atoms with van der Waals surface area (Å²) in [6.45, 7) is 2.89. The SMILES string of the molecule is CN1CCCN(S(=O)(=O)c2cc(CCl)cs2)CC1. The van der Waals surface area contributed by atoms with E-state index in [1.807, 2.05) is 12.4 Å². The molecular formula is C11H17ClN2O2S2. The topological polar surface area (TPSA) is 40.6 Å². The van der Waals surface area contributed by atoms with E-state index in [2.05, 4.69) is 4.90 Å². The van der Waals surface area contributed by atoms with Crippen LogP contribution in [0.25, 0.3) is 0 Å². The lowest BCUT2D eigenvalue weighted by Gasteiger charge is -2.19. The number of hydrogen-bond acceptors (Lipinski definition) is 4. The average molecular weight is 309 g/mol. The second-order valence-electron chi connectivity index (χ2n) is 4.47. The lowest BCUT2D eigenvalue weighted by molar-refractivity contribution is 0.347. The molecule has 1 fully saturated rings. The Morgan fingerprint density at radius 2 is 2.11 bits per heavy atom. The van der Waals surface area contributed by atoms with Crippen molar-refractivity contribution in [2.75, 3.05) is 33.2 Å². The molecule has 2 heterocycles. The number of rotatable bonds is 3. The van der Waals surface area contributed by atoms with E-state index in [1.54, 1.807) is 10.4 Å². The third-order valence-electron chi connectivity index (χ3n) is 3.06. The smallest absolute Gasteiger partial charge is 0.252 e. The Hall–Kier alpha value is -0.140. The number of hydrogen-bond donors (Lipinski definition) is 0. The molecule has 0 saturated carbocycles. The normalized spacial score (nSPS) is 19.9. The van der Waals surface area contributed by atoms with Crippen LogP contribution in [0.15, 0.2) is 15.7 Å². The zero-order chi connectivity index (χ0) is 13.2. The molecule has 4 nitrogen and oxygen atoms in total. The molecule has 0 unspecified atom stereocenters. The molecule has 102 valence electrons. The predicted molar refractivity (Wildman–Crippen MR) is 74.7 cm³/mol. The van der Waals surface area contributed by atoms with Gasteiger partial charge in [-0.1, -0.05) is 0 Å². The Morgan fingerprint density at radius 1 is 1.33 bits per heavy atom. The molecule has 18 heavy (non-hydrogen) atoms. The monoisotopic (exact) mass is 308 g/mol. The van der Waals surface area contributed by atoms with E-state index in [9.17, 15) is 8.42 Å². The van der Waals surface area contributed by atoms with Crippen LogP contribution >= 0.6 is 22.9 Å². The van der Waals surface area contributed by atoms with Crippen molar-refractivity contribution in [3.8, 4) is 0 Å². The molecule has 1 aliphatic heterocycles. The zero-order valence-corrected chi connectivity index (χ0v) is 12.7. The van der Waals surface area contributed by atoms with Gasteiger partial charge in [0.15, 0.2) is 0 Å². The summed E-state index contributed by atoms with van der Waals surface area (Å²) in [5.41, 5.74) is 0.868. The highest BCUT2D eigenvalue weighted by Gasteiger charge is 2.27. The van der Waals surface area contributed by atoms with E-state index in [0.29, 0.717) is 23.2 Å². The van der Waals surface area contributed by atoms with Gasteiger partial charge in [0.2, 0.25) is 0 Å². The first kappa shape index (κ1) is 14.3. The van der Waals surface area contributed by atoms with Gasteiger partial charge in [0.05, 0.1) is 0 Å². The minimum Gasteiger partial charge on any atom is -0.305 e. The molecule has 0 bridgehead atoms. The zero-order valence-electron chi connectivity index (χ0n) is 10.3.